The van der Waals surface area contributed by atoms with Crippen molar-refractivity contribution in [1.29, 1.82) is 0 Å². The Labute approximate surface area is 125 Å². The van der Waals surface area contributed by atoms with Crippen molar-refractivity contribution >= 4 is 22.1 Å². The first-order chi connectivity index (χ1) is 9.85. The van der Waals surface area contributed by atoms with E-state index in [0.717, 1.165) is 12.8 Å². The molecule has 0 radical (unpaired) electrons. The number of carbonyl (C=O) groups is 2. The average molecular weight is 318 g/mol. The largest absolute Gasteiger partial charge is 0.322 e. The standard InChI is InChI=1S/C12H22N4O4S/c1-3-6-15(7-4-2)21(19,20)16-8-5-12(9-16)10(17)13-11(18)14-12/h3-9H2,1-2H3,(H2,13,14,17,18). The van der Waals surface area contributed by atoms with Gasteiger partial charge in [0.2, 0.25) is 0 Å². The van der Waals surface area contributed by atoms with Crippen LogP contribution in [0, 0.1) is 0 Å². The van der Waals surface area contributed by atoms with Gasteiger partial charge in [-0.1, -0.05) is 13.8 Å². The summed E-state index contributed by atoms with van der Waals surface area (Å²) in [7, 11) is -3.59. The molecule has 21 heavy (non-hydrogen) atoms. The predicted octanol–water partition coefficient (Wildman–Crippen LogP) is -0.363. The fraction of sp³-hybridized carbons (Fsp3) is 0.833. The van der Waals surface area contributed by atoms with Crippen LogP contribution in [0.15, 0.2) is 0 Å². The number of amides is 3. The van der Waals surface area contributed by atoms with Crippen LogP contribution in [-0.2, 0) is 15.0 Å². The van der Waals surface area contributed by atoms with Gasteiger partial charge in [0, 0.05) is 26.2 Å². The molecule has 0 saturated carbocycles. The zero-order valence-corrected chi connectivity index (χ0v) is 13.2. The highest BCUT2D eigenvalue weighted by atomic mass is 32.2. The van der Waals surface area contributed by atoms with Crippen LogP contribution in [0.4, 0.5) is 4.79 Å². The molecule has 8 nitrogen and oxygen atoms in total. The van der Waals surface area contributed by atoms with Crippen molar-refractivity contribution in [3.63, 3.8) is 0 Å². The van der Waals surface area contributed by atoms with Gasteiger partial charge in [0.05, 0.1) is 0 Å². The molecular weight excluding hydrogens is 296 g/mol. The molecule has 1 atom stereocenters. The lowest BCUT2D eigenvalue weighted by atomic mass is 10.00. The van der Waals surface area contributed by atoms with Gasteiger partial charge in [-0.05, 0) is 19.3 Å². The van der Waals surface area contributed by atoms with Gasteiger partial charge in [-0.25, -0.2) is 4.79 Å². The van der Waals surface area contributed by atoms with Crippen molar-refractivity contribution in [2.75, 3.05) is 26.2 Å². The van der Waals surface area contributed by atoms with Crippen molar-refractivity contribution in [2.45, 2.75) is 38.6 Å². The molecular formula is C12H22N4O4S. The van der Waals surface area contributed by atoms with Gasteiger partial charge in [-0.2, -0.15) is 17.0 Å². The van der Waals surface area contributed by atoms with Gasteiger partial charge in [0.1, 0.15) is 5.54 Å². The van der Waals surface area contributed by atoms with Crippen LogP contribution in [0.3, 0.4) is 0 Å². The lowest BCUT2D eigenvalue weighted by Crippen LogP contribution is -2.51. The molecule has 2 aliphatic rings. The lowest BCUT2D eigenvalue weighted by molar-refractivity contribution is -0.123. The summed E-state index contributed by atoms with van der Waals surface area (Å²) in [6, 6.07) is -0.557. The van der Waals surface area contributed by atoms with Crippen LogP contribution in [0.25, 0.3) is 0 Å². The van der Waals surface area contributed by atoms with Crippen molar-refractivity contribution in [2.24, 2.45) is 0 Å². The molecule has 1 spiro atoms. The predicted molar refractivity (Wildman–Crippen MR) is 76.7 cm³/mol. The molecule has 0 aromatic rings. The number of nitrogens with one attached hydrogen (secondary N) is 2. The Bertz CT molecular complexity index is 529. The zero-order valence-electron chi connectivity index (χ0n) is 12.4. The molecule has 0 aromatic carbocycles. The number of hydrogen-bond donors (Lipinski definition) is 2. The number of imide groups is 1. The lowest BCUT2D eigenvalue weighted by Gasteiger charge is -2.27. The Morgan fingerprint density at radius 1 is 1.24 bits per heavy atom. The highest BCUT2D eigenvalue weighted by molar-refractivity contribution is 7.86. The molecule has 2 fully saturated rings. The van der Waals surface area contributed by atoms with E-state index in [4.69, 9.17) is 0 Å². The minimum absolute atomic E-state index is 0.00314. The third kappa shape index (κ3) is 2.90. The number of hydrogen-bond acceptors (Lipinski definition) is 4. The molecule has 9 heteroatoms. The van der Waals surface area contributed by atoms with E-state index in [1.807, 2.05) is 13.8 Å². The van der Waals surface area contributed by atoms with Crippen molar-refractivity contribution in [3.8, 4) is 0 Å². The number of rotatable bonds is 6. The Morgan fingerprint density at radius 2 is 1.86 bits per heavy atom. The summed E-state index contributed by atoms with van der Waals surface area (Å²) >= 11 is 0. The quantitative estimate of drug-likeness (QED) is 0.653. The van der Waals surface area contributed by atoms with Crippen LogP contribution in [0.5, 0.6) is 0 Å². The molecule has 3 amide bonds. The summed E-state index contributed by atoms with van der Waals surface area (Å²) < 4.78 is 28.0. The molecule has 2 saturated heterocycles. The summed E-state index contributed by atoms with van der Waals surface area (Å²) in [6.45, 7) is 5.00. The van der Waals surface area contributed by atoms with E-state index in [2.05, 4.69) is 10.6 Å². The van der Waals surface area contributed by atoms with Crippen LogP contribution < -0.4 is 10.6 Å². The Morgan fingerprint density at radius 3 is 2.33 bits per heavy atom. The van der Waals surface area contributed by atoms with E-state index in [-0.39, 0.29) is 13.1 Å². The van der Waals surface area contributed by atoms with Crippen LogP contribution >= 0.6 is 0 Å². The van der Waals surface area contributed by atoms with Gasteiger partial charge in [0.15, 0.2) is 0 Å². The van der Waals surface area contributed by atoms with Gasteiger partial charge in [-0.3, -0.25) is 10.1 Å². The second-order valence-corrected chi connectivity index (χ2v) is 7.41. The summed E-state index contributed by atoms with van der Waals surface area (Å²) in [4.78, 5) is 23.2. The molecule has 120 valence electrons. The molecule has 2 aliphatic heterocycles. The molecule has 2 heterocycles. The molecule has 0 aromatic heterocycles. The second-order valence-electron chi connectivity index (χ2n) is 5.48. The number of nitrogens with zero attached hydrogens (tertiary/aromatic N) is 2. The van der Waals surface area contributed by atoms with Crippen LogP contribution in [0.1, 0.15) is 33.1 Å². The fourth-order valence-electron chi connectivity index (χ4n) is 2.79. The van der Waals surface area contributed by atoms with E-state index in [0.29, 0.717) is 19.5 Å². The normalized spacial score (nSPS) is 26.6. The van der Waals surface area contributed by atoms with Crippen molar-refractivity contribution < 1.29 is 18.0 Å². The highest BCUT2D eigenvalue weighted by Crippen LogP contribution is 2.28. The fourth-order valence-corrected chi connectivity index (χ4v) is 4.65. The summed E-state index contributed by atoms with van der Waals surface area (Å²) in [5.41, 5.74) is -1.10. The number of urea groups is 1. The second kappa shape index (κ2) is 5.90. The molecule has 0 aliphatic carbocycles. The average Bonchev–Trinajstić information content (AvgIpc) is 2.95. The Hall–Kier alpha value is -1.19. The summed E-state index contributed by atoms with van der Waals surface area (Å²) in [6.07, 6.45) is 1.76. The molecule has 0 bridgehead atoms. The van der Waals surface area contributed by atoms with Crippen LogP contribution in [0.2, 0.25) is 0 Å². The monoisotopic (exact) mass is 318 g/mol. The highest BCUT2D eigenvalue weighted by Gasteiger charge is 2.53. The Kier molecular flexibility index (Phi) is 4.54. The van der Waals surface area contributed by atoms with Crippen LogP contribution in [-0.4, -0.2) is 60.7 Å². The first-order valence-electron chi connectivity index (χ1n) is 7.24. The maximum absolute atomic E-state index is 12.6. The third-order valence-electron chi connectivity index (χ3n) is 3.85. The van der Waals surface area contributed by atoms with Gasteiger partial charge in [-0.15, -0.1) is 0 Å². The summed E-state index contributed by atoms with van der Waals surface area (Å²) in [5.74, 6) is -0.442. The van der Waals surface area contributed by atoms with E-state index in [1.54, 1.807) is 0 Å². The van der Waals surface area contributed by atoms with E-state index in [1.165, 1.54) is 8.61 Å². The topological polar surface area (TPSA) is 98.8 Å². The van der Waals surface area contributed by atoms with Crippen molar-refractivity contribution in [1.82, 2.24) is 19.2 Å². The third-order valence-corrected chi connectivity index (χ3v) is 5.83. The van der Waals surface area contributed by atoms with Gasteiger partial charge in [0.25, 0.3) is 16.1 Å². The minimum Gasteiger partial charge on any atom is -0.322 e. The number of carbonyl (C=O) groups excluding carboxylic acids is 2. The van der Waals surface area contributed by atoms with Gasteiger partial charge >= 0.3 is 6.03 Å². The molecule has 2 N–H and O–H groups in total. The van der Waals surface area contributed by atoms with Crippen molar-refractivity contribution in [3.05, 3.63) is 0 Å². The maximum atomic E-state index is 12.6. The van der Waals surface area contributed by atoms with E-state index in [9.17, 15) is 18.0 Å². The van der Waals surface area contributed by atoms with E-state index >= 15 is 0 Å². The summed E-state index contributed by atoms with van der Waals surface area (Å²) in [5, 5.41) is 4.74. The minimum atomic E-state index is -3.59. The van der Waals surface area contributed by atoms with Gasteiger partial charge < -0.3 is 5.32 Å². The molecule has 2 rings (SSSR count). The molecule has 1 unspecified atom stereocenters. The Balaban J connectivity index is 2.16. The SMILES string of the molecule is CCCN(CCC)S(=O)(=O)N1CCC2(C1)NC(=O)NC2=O. The first-order valence-corrected chi connectivity index (χ1v) is 8.64. The zero-order chi connectivity index (χ0) is 15.7. The maximum Gasteiger partial charge on any atom is 0.322 e. The van der Waals surface area contributed by atoms with E-state index < -0.39 is 27.7 Å². The smallest absolute Gasteiger partial charge is 0.322 e. The first kappa shape index (κ1) is 16.2.